The van der Waals surface area contributed by atoms with Gasteiger partial charge in [-0.2, -0.15) is 0 Å². The second-order valence-corrected chi connectivity index (χ2v) is 8.90. The Morgan fingerprint density at radius 2 is 2.06 bits per heavy atom. The van der Waals surface area contributed by atoms with Crippen LogP contribution in [0.5, 0.6) is 0 Å². The van der Waals surface area contributed by atoms with Crippen LogP contribution in [0, 0.1) is 5.92 Å². The van der Waals surface area contributed by atoms with E-state index in [1.54, 1.807) is 24.5 Å². The number of nitrogens with one attached hydrogen (secondary N) is 2. The fourth-order valence-corrected chi connectivity index (χ4v) is 4.46. The van der Waals surface area contributed by atoms with Gasteiger partial charge in [0.1, 0.15) is 17.4 Å². The van der Waals surface area contributed by atoms with Gasteiger partial charge in [0, 0.05) is 35.8 Å². The van der Waals surface area contributed by atoms with E-state index in [1.165, 1.54) is 0 Å². The molecule has 1 aromatic heterocycles. The number of piperidine rings is 1. The van der Waals surface area contributed by atoms with Crippen LogP contribution in [-0.2, 0) is 6.42 Å². The van der Waals surface area contributed by atoms with Gasteiger partial charge in [0.15, 0.2) is 0 Å². The first kappa shape index (κ1) is 24.3. The molecule has 35 heavy (non-hydrogen) atoms. The number of nitrogens with two attached hydrogens (primary N) is 1. The van der Waals surface area contributed by atoms with Crippen LogP contribution in [0.2, 0.25) is 0 Å². The van der Waals surface area contributed by atoms with Gasteiger partial charge in [0.25, 0.3) is 5.91 Å². The number of aromatic nitrogens is 1. The highest BCUT2D eigenvalue weighted by Gasteiger charge is 2.27. The standard InChI is InChI=1S/C27H33N7O/c1-4-19-11-13-31-23(14-19)33-27(35)22-9-7-21(8-10-22)24(29-3)25-26(28)32-15-18(2)34(25)17-20-6-5-12-30-16-20/h7-11,13-15,20,30H,3-6,12,16-17H2,1-2H3,(H2,28,32)(H,31,33,35)/b25-24-/t20-/m1/s1. The van der Waals surface area contributed by atoms with Gasteiger partial charge in [-0.25, -0.2) is 9.98 Å². The Kier molecular flexibility index (Phi) is 7.72. The van der Waals surface area contributed by atoms with E-state index in [4.69, 9.17) is 5.73 Å². The minimum atomic E-state index is -0.220. The van der Waals surface area contributed by atoms with Crippen molar-refractivity contribution in [3.05, 3.63) is 76.9 Å². The summed E-state index contributed by atoms with van der Waals surface area (Å²) in [5.41, 5.74) is 11.2. The van der Waals surface area contributed by atoms with Crippen molar-refractivity contribution in [3.63, 3.8) is 0 Å². The van der Waals surface area contributed by atoms with E-state index in [0.717, 1.165) is 61.4 Å². The van der Waals surface area contributed by atoms with Crippen molar-refractivity contribution in [3.8, 4) is 0 Å². The summed E-state index contributed by atoms with van der Waals surface area (Å²) in [5.74, 6) is 1.23. The minimum Gasteiger partial charge on any atom is -0.382 e. The number of allylic oxidation sites excluding steroid dienone is 1. The van der Waals surface area contributed by atoms with Crippen LogP contribution in [0.4, 0.5) is 5.82 Å². The van der Waals surface area contributed by atoms with Crippen molar-refractivity contribution < 1.29 is 4.79 Å². The number of nitrogens with zero attached hydrogens (tertiary/aromatic N) is 4. The van der Waals surface area contributed by atoms with Crippen LogP contribution in [0.1, 0.15) is 48.2 Å². The second kappa shape index (κ2) is 11.1. The molecular formula is C27H33N7O. The van der Waals surface area contributed by atoms with Crippen molar-refractivity contribution in [1.29, 1.82) is 0 Å². The van der Waals surface area contributed by atoms with Crippen LogP contribution in [-0.4, -0.2) is 48.0 Å². The zero-order chi connectivity index (χ0) is 24.8. The Labute approximate surface area is 206 Å². The van der Waals surface area contributed by atoms with E-state index in [-0.39, 0.29) is 5.91 Å². The molecule has 2 aliphatic rings. The quantitative estimate of drug-likeness (QED) is 0.533. The monoisotopic (exact) mass is 471 g/mol. The van der Waals surface area contributed by atoms with E-state index in [0.29, 0.717) is 28.8 Å². The fourth-order valence-electron chi connectivity index (χ4n) is 4.46. The minimum absolute atomic E-state index is 0.220. The lowest BCUT2D eigenvalue weighted by atomic mass is 9.97. The predicted molar refractivity (Wildman–Crippen MR) is 142 cm³/mol. The van der Waals surface area contributed by atoms with E-state index < -0.39 is 0 Å². The normalized spacial score (nSPS) is 19.5. The number of hydrogen-bond acceptors (Lipinski definition) is 7. The average Bonchev–Trinajstić information content (AvgIpc) is 2.89. The lowest BCUT2D eigenvalue weighted by molar-refractivity contribution is 0.102. The van der Waals surface area contributed by atoms with E-state index >= 15 is 0 Å². The first-order chi connectivity index (χ1) is 17.0. The van der Waals surface area contributed by atoms with Gasteiger partial charge in [-0.3, -0.25) is 9.79 Å². The van der Waals surface area contributed by atoms with Crippen LogP contribution in [0.15, 0.2) is 70.2 Å². The molecule has 1 aromatic carbocycles. The second-order valence-electron chi connectivity index (χ2n) is 8.90. The Bertz CT molecular complexity index is 1170. The number of benzene rings is 1. The van der Waals surface area contributed by atoms with Gasteiger partial charge in [0.2, 0.25) is 0 Å². The molecular weight excluding hydrogens is 438 g/mol. The largest absolute Gasteiger partial charge is 0.382 e. The molecule has 8 nitrogen and oxygen atoms in total. The maximum absolute atomic E-state index is 12.8. The average molecular weight is 472 g/mol. The highest BCUT2D eigenvalue weighted by molar-refractivity contribution is 6.06. The topological polar surface area (TPSA) is 108 Å². The first-order valence-electron chi connectivity index (χ1n) is 12.1. The molecule has 3 heterocycles. The molecule has 4 N–H and O–H groups in total. The third-order valence-electron chi connectivity index (χ3n) is 6.45. The Morgan fingerprint density at radius 1 is 1.29 bits per heavy atom. The lowest BCUT2D eigenvalue weighted by Gasteiger charge is -2.35. The molecule has 2 aromatic rings. The molecule has 1 saturated heterocycles. The van der Waals surface area contributed by atoms with Crippen molar-refractivity contribution in [2.24, 2.45) is 21.6 Å². The highest BCUT2D eigenvalue weighted by atomic mass is 16.1. The zero-order valence-electron chi connectivity index (χ0n) is 20.4. The molecule has 0 bridgehead atoms. The number of amides is 1. The van der Waals surface area contributed by atoms with Gasteiger partial charge < -0.3 is 21.3 Å². The van der Waals surface area contributed by atoms with Gasteiger partial charge in [-0.1, -0.05) is 19.1 Å². The zero-order valence-corrected chi connectivity index (χ0v) is 20.4. The van der Waals surface area contributed by atoms with Crippen molar-refractivity contribution in [1.82, 2.24) is 15.2 Å². The molecule has 1 atom stereocenters. The van der Waals surface area contributed by atoms with Crippen LogP contribution in [0.25, 0.3) is 5.70 Å². The summed E-state index contributed by atoms with van der Waals surface area (Å²) in [6, 6.07) is 11.1. The number of rotatable bonds is 7. The molecule has 0 spiro atoms. The maximum atomic E-state index is 12.8. The Morgan fingerprint density at radius 3 is 2.74 bits per heavy atom. The third kappa shape index (κ3) is 5.66. The Hall–Kier alpha value is -3.78. The van der Waals surface area contributed by atoms with Crippen molar-refractivity contribution in [2.45, 2.75) is 33.1 Å². The lowest BCUT2D eigenvalue weighted by Crippen LogP contribution is -2.41. The van der Waals surface area contributed by atoms with Crippen LogP contribution >= 0.6 is 0 Å². The summed E-state index contributed by atoms with van der Waals surface area (Å²) < 4.78 is 0. The van der Waals surface area contributed by atoms with E-state index in [9.17, 15) is 4.79 Å². The first-order valence-corrected chi connectivity index (χ1v) is 12.1. The number of anilines is 1. The van der Waals surface area contributed by atoms with Gasteiger partial charge in [-0.15, -0.1) is 0 Å². The van der Waals surface area contributed by atoms with Crippen LogP contribution < -0.4 is 16.4 Å². The van der Waals surface area contributed by atoms with Crippen molar-refractivity contribution >= 4 is 30.0 Å². The maximum Gasteiger partial charge on any atom is 0.256 e. The third-order valence-corrected chi connectivity index (χ3v) is 6.45. The number of aliphatic imine (C=N–C) groups is 2. The van der Waals surface area contributed by atoms with Gasteiger partial charge in [-0.05, 0) is 81.7 Å². The molecule has 4 rings (SSSR count). The van der Waals surface area contributed by atoms with E-state index in [1.807, 2.05) is 31.2 Å². The number of carbonyl (C=O) groups excluding carboxylic acids is 1. The molecule has 0 saturated carbocycles. The molecule has 1 amide bonds. The number of pyridine rings is 1. The number of hydrogen-bond donors (Lipinski definition) is 3. The molecule has 2 aliphatic heterocycles. The smallest absolute Gasteiger partial charge is 0.256 e. The SMILES string of the molecule is C=N/C(=C1/C(N)=NC=C(C)N1C[C@@H]1CCCNC1)c1ccc(C(=O)Nc2cc(CC)ccn2)cc1. The number of carbonyl (C=O) groups is 1. The molecule has 8 heteroatoms. The molecule has 0 unspecified atom stereocenters. The summed E-state index contributed by atoms with van der Waals surface area (Å²) in [6.45, 7) is 10.8. The molecule has 0 radical (unpaired) electrons. The van der Waals surface area contributed by atoms with Gasteiger partial charge >= 0.3 is 0 Å². The van der Waals surface area contributed by atoms with Crippen LogP contribution in [0.3, 0.4) is 0 Å². The highest BCUT2D eigenvalue weighted by Crippen LogP contribution is 2.30. The van der Waals surface area contributed by atoms with Crippen molar-refractivity contribution in [2.75, 3.05) is 25.0 Å². The summed E-state index contributed by atoms with van der Waals surface area (Å²) in [6.07, 6.45) is 6.70. The molecule has 1 fully saturated rings. The summed E-state index contributed by atoms with van der Waals surface area (Å²) in [4.78, 5) is 27.9. The summed E-state index contributed by atoms with van der Waals surface area (Å²) in [5, 5.41) is 6.34. The Balaban J connectivity index is 1.59. The summed E-state index contributed by atoms with van der Waals surface area (Å²) in [7, 11) is 0. The van der Waals surface area contributed by atoms with E-state index in [2.05, 4.69) is 44.1 Å². The molecule has 182 valence electrons. The number of amidine groups is 1. The predicted octanol–water partition coefficient (Wildman–Crippen LogP) is 3.80. The van der Waals surface area contributed by atoms with Gasteiger partial charge in [0.05, 0.1) is 5.70 Å². The molecule has 0 aliphatic carbocycles. The summed E-state index contributed by atoms with van der Waals surface area (Å²) >= 11 is 0. The number of aryl methyl sites for hydroxylation is 1. The fraction of sp³-hybridized carbons (Fsp3) is 0.333.